The van der Waals surface area contributed by atoms with Crippen LogP contribution in [0, 0.1) is 18.8 Å². The maximum absolute atomic E-state index is 14.2. The van der Waals surface area contributed by atoms with Crippen molar-refractivity contribution in [3.05, 3.63) is 95.6 Å². The molecule has 5 rings (SSSR count). The molecule has 0 aliphatic carbocycles. The van der Waals surface area contributed by atoms with E-state index in [0.29, 0.717) is 11.3 Å². The summed E-state index contributed by atoms with van der Waals surface area (Å²) in [5.74, 6) is -3.05. The maximum atomic E-state index is 14.2. The molecule has 0 saturated carbocycles. The van der Waals surface area contributed by atoms with Gasteiger partial charge in [0.2, 0.25) is 11.8 Å². The van der Waals surface area contributed by atoms with Crippen LogP contribution >= 0.6 is 0 Å². The predicted molar refractivity (Wildman–Crippen MR) is 142 cm³/mol. The molecule has 2 fully saturated rings. The summed E-state index contributed by atoms with van der Waals surface area (Å²) in [6.07, 6.45) is 0. The minimum absolute atomic E-state index is 0.151. The Balaban J connectivity index is 1.70. The first-order valence-corrected chi connectivity index (χ1v) is 12.5. The van der Waals surface area contributed by atoms with Gasteiger partial charge in [0.25, 0.3) is 0 Å². The Morgan fingerprint density at radius 1 is 0.946 bits per heavy atom. The van der Waals surface area contributed by atoms with Gasteiger partial charge in [-0.25, -0.2) is 9.69 Å². The fourth-order valence-electron chi connectivity index (χ4n) is 5.64. The summed E-state index contributed by atoms with van der Waals surface area (Å²) in [5.41, 5.74) is 2.45. The molecule has 2 aliphatic heterocycles. The number of hydrogen-bond donors (Lipinski definition) is 1. The lowest BCUT2D eigenvalue weighted by molar-refractivity contribution is -0.155. The van der Waals surface area contributed by atoms with Crippen LogP contribution in [0.2, 0.25) is 0 Å². The van der Waals surface area contributed by atoms with Crippen LogP contribution in [0.15, 0.2) is 78.9 Å². The van der Waals surface area contributed by atoms with Gasteiger partial charge in [-0.3, -0.25) is 14.9 Å². The van der Waals surface area contributed by atoms with Gasteiger partial charge in [-0.15, -0.1) is 0 Å². The van der Waals surface area contributed by atoms with Crippen LogP contribution in [0.5, 0.6) is 0 Å². The number of nitrogens with one attached hydrogen (secondary N) is 1. The van der Waals surface area contributed by atoms with Crippen molar-refractivity contribution < 1.29 is 19.1 Å². The summed E-state index contributed by atoms with van der Waals surface area (Å²) in [4.78, 5) is 45.2. The molecule has 2 amide bonds. The molecule has 0 unspecified atom stereocenters. The molecule has 3 aromatic carbocycles. The van der Waals surface area contributed by atoms with Crippen LogP contribution < -0.4 is 15.1 Å². The molecule has 3 aromatic rings. The normalized spacial score (nSPS) is 24.8. The smallest absolute Gasteiger partial charge is 0.331 e. The summed E-state index contributed by atoms with van der Waals surface area (Å²) in [7, 11) is 3.91. The van der Waals surface area contributed by atoms with E-state index < -0.39 is 35.3 Å². The first kappa shape index (κ1) is 24.7. The molecule has 37 heavy (non-hydrogen) atoms. The summed E-state index contributed by atoms with van der Waals surface area (Å²) in [6.45, 7) is 3.84. The molecule has 0 spiro atoms. The van der Waals surface area contributed by atoms with Gasteiger partial charge < -0.3 is 9.64 Å². The summed E-state index contributed by atoms with van der Waals surface area (Å²) >= 11 is 0. The van der Waals surface area contributed by atoms with Gasteiger partial charge in [0.05, 0.1) is 24.1 Å². The molecule has 2 aliphatic rings. The number of carbonyl (C=O) groups excluding carboxylic acids is 3. The Kier molecular flexibility index (Phi) is 6.33. The van der Waals surface area contributed by atoms with E-state index in [0.717, 1.165) is 16.8 Å². The van der Waals surface area contributed by atoms with Crippen LogP contribution in [0.25, 0.3) is 0 Å². The molecule has 7 nitrogen and oxygen atoms in total. The Morgan fingerprint density at radius 2 is 1.59 bits per heavy atom. The number of hydrogen-bond acceptors (Lipinski definition) is 6. The van der Waals surface area contributed by atoms with Crippen molar-refractivity contribution in [3.8, 4) is 0 Å². The number of fused-ring (bicyclic) bond motifs is 1. The second-order valence-corrected chi connectivity index (χ2v) is 9.85. The molecule has 0 radical (unpaired) electrons. The highest BCUT2D eigenvalue weighted by molar-refractivity contribution is 6.24. The monoisotopic (exact) mass is 497 g/mol. The van der Waals surface area contributed by atoms with Crippen molar-refractivity contribution >= 4 is 29.2 Å². The van der Waals surface area contributed by atoms with Crippen molar-refractivity contribution in [3.63, 3.8) is 0 Å². The standard InChI is InChI=1S/C30H31N3O4/c1-5-37-29(36)30(21-9-7-6-8-10-21)25-24(26(31-30)20-13-17-22(18-14-20)32(3)4)27(34)33(28(25)35)23-15-11-19(2)12-16-23/h6-18,24-26,31H,5H2,1-4H3/t24-,25-,26+,30+/m0/s1. The van der Waals surface area contributed by atoms with Crippen LogP contribution in [-0.2, 0) is 24.7 Å². The lowest BCUT2D eigenvalue weighted by atomic mass is 9.75. The third-order valence-electron chi connectivity index (χ3n) is 7.45. The number of carbonyl (C=O) groups is 3. The molecular formula is C30H31N3O4. The maximum Gasteiger partial charge on any atom is 0.331 e. The van der Waals surface area contributed by atoms with Gasteiger partial charge in [0.1, 0.15) is 0 Å². The molecule has 1 N–H and O–H groups in total. The van der Waals surface area contributed by atoms with Crippen LogP contribution in [0.4, 0.5) is 11.4 Å². The number of benzene rings is 3. The topological polar surface area (TPSA) is 79.0 Å². The quantitative estimate of drug-likeness (QED) is 0.410. The number of nitrogens with zero attached hydrogens (tertiary/aromatic N) is 2. The Labute approximate surface area is 217 Å². The van der Waals surface area contributed by atoms with Gasteiger partial charge in [0.15, 0.2) is 5.54 Å². The van der Waals surface area contributed by atoms with E-state index in [1.165, 1.54) is 4.90 Å². The number of imide groups is 1. The predicted octanol–water partition coefficient (Wildman–Crippen LogP) is 3.97. The van der Waals surface area contributed by atoms with E-state index in [-0.39, 0.29) is 12.5 Å². The van der Waals surface area contributed by atoms with Crippen molar-refractivity contribution in [1.82, 2.24) is 5.32 Å². The zero-order valence-electron chi connectivity index (χ0n) is 21.5. The molecule has 7 heteroatoms. The Bertz CT molecular complexity index is 1320. The summed E-state index contributed by atoms with van der Waals surface area (Å²) in [5, 5.41) is 3.46. The number of ether oxygens (including phenoxy) is 1. The van der Waals surface area contributed by atoms with Gasteiger partial charge in [-0.2, -0.15) is 0 Å². The first-order chi connectivity index (χ1) is 17.8. The summed E-state index contributed by atoms with van der Waals surface area (Å²) < 4.78 is 5.58. The first-order valence-electron chi connectivity index (χ1n) is 12.5. The highest BCUT2D eigenvalue weighted by atomic mass is 16.5. The van der Waals surface area contributed by atoms with E-state index in [9.17, 15) is 14.4 Å². The average molecular weight is 498 g/mol. The second-order valence-electron chi connectivity index (χ2n) is 9.85. The van der Waals surface area contributed by atoms with E-state index in [4.69, 9.17) is 4.74 Å². The van der Waals surface area contributed by atoms with E-state index in [1.807, 2.05) is 92.6 Å². The fourth-order valence-corrected chi connectivity index (χ4v) is 5.64. The molecule has 190 valence electrons. The largest absolute Gasteiger partial charge is 0.464 e. The minimum atomic E-state index is -1.51. The number of esters is 1. The molecule has 4 atom stereocenters. The van der Waals surface area contributed by atoms with Gasteiger partial charge in [-0.1, -0.05) is 60.2 Å². The molecule has 2 saturated heterocycles. The third-order valence-corrected chi connectivity index (χ3v) is 7.45. The number of amides is 2. The van der Waals surface area contributed by atoms with Crippen molar-refractivity contribution in [2.45, 2.75) is 25.4 Å². The second kappa shape index (κ2) is 9.48. The third kappa shape index (κ3) is 3.90. The molecule has 0 bridgehead atoms. The van der Waals surface area contributed by atoms with Gasteiger partial charge in [-0.05, 0) is 49.2 Å². The lowest BCUT2D eigenvalue weighted by Gasteiger charge is -2.33. The number of anilines is 2. The molecule has 2 heterocycles. The SMILES string of the molecule is CCOC(=O)[C@]1(c2ccccc2)N[C@H](c2ccc(N(C)C)cc2)[C@H]2C(=O)N(c3ccc(C)cc3)C(=O)[C@H]21. The van der Waals surface area contributed by atoms with Crippen LogP contribution in [0.1, 0.15) is 29.7 Å². The highest BCUT2D eigenvalue weighted by Crippen LogP contribution is 2.54. The summed E-state index contributed by atoms with van der Waals surface area (Å²) in [6, 6.07) is 23.7. The van der Waals surface area contributed by atoms with E-state index in [1.54, 1.807) is 19.1 Å². The highest BCUT2D eigenvalue weighted by Gasteiger charge is 2.69. The van der Waals surface area contributed by atoms with Gasteiger partial charge >= 0.3 is 5.97 Å². The molecule has 0 aromatic heterocycles. The van der Waals surface area contributed by atoms with Gasteiger partial charge in [0, 0.05) is 25.8 Å². The van der Waals surface area contributed by atoms with Crippen molar-refractivity contribution in [2.75, 3.05) is 30.5 Å². The minimum Gasteiger partial charge on any atom is -0.464 e. The zero-order chi connectivity index (χ0) is 26.3. The Hall–Kier alpha value is -3.97. The lowest BCUT2D eigenvalue weighted by Crippen LogP contribution is -2.54. The average Bonchev–Trinajstić information content (AvgIpc) is 3.40. The van der Waals surface area contributed by atoms with Crippen molar-refractivity contribution in [2.24, 2.45) is 11.8 Å². The van der Waals surface area contributed by atoms with E-state index in [2.05, 4.69) is 5.32 Å². The van der Waals surface area contributed by atoms with E-state index >= 15 is 0 Å². The van der Waals surface area contributed by atoms with Crippen molar-refractivity contribution in [1.29, 1.82) is 0 Å². The zero-order valence-corrected chi connectivity index (χ0v) is 21.5. The molecular weight excluding hydrogens is 466 g/mol. The Morgan fingerprint density at radius 3 is 2.19 bits per heavy atom. The number of aryl methyl sites for hydroxylation is 1. The number of rotatable bonds is 6. The van der Waals surface area contributed by atoms with Crippen LogP contribution in [0.3, 0.4) is 0 Å². The van der Waals surface area contributed by atoms with Crippen LogP contribution in [-0.4, -0.2) is 38.5 Å². The fraction of sp³-hybridized carbons (Fsp3) is 0.300.